The lowest BCUT2D eigenvalue weighted by Gasteiger charge is -2.06. The van der Waals surface area contributed by atoms with Gasteiger partial charge in [0.25, 0.3) is 0 Å². The van der Waals surface area contributed by atoms with Gasteiger partial charge in [-0.3, -0.25) is 4.68 Å². The highest BCUT2D eigenvalue weighted by molar-refractivity contribution is 5.28. The summed E-state index contributed by atoms with van der Waals surface area (Å²) >= 11 is 0. The van der Waals surface area contributed by atoms with Crippen LogP contribution in [0.1, 0.15) is 35.6 Å². The number of hydrogen-bond donors (Lipinski definition) is 1. The molecule has 0 bridgehead atoms. The van der Waals surface area contributed by atoms with Gasteiger partial charge in [-0.1, -0.05) is 36.2 Å². The fraction of sp³-hybridized carbons (Fsp3) is 0.438. The molecule has 0 aliphatic rings. The number of hydrogen-bond acceptors (Lipinski definition) is 2. The predicted octanol–water partition coefficient (Wildman–Crippen LogP) is 2.83. The van der Waals surface area contributed by atoms with Gasteiger partial charge in [0.05, 0.1) is 12.7 Å². The summed E-state index contributed by atoms with van der Waals surface area (Å²) in [5, 5.41) is 4.42. The normalized spacial score (nSPS) is 12.6. The summed E-state index contributed by atoms with van der Waals surface area (Å²) in [6.45, 7) is 7.20. The summed E-state index contributed by atoms with van der Waals surface area (Å²) in [7, 11) is 0. The molecule has 0 saturated heterocycles. The van der Waals surface area contributed by atoms with E-state index in [4.69, 9.17) is 5.73 Å². The zero-order valence-electron chi connectivity index (χ0n) is 12.1. The van der Waals surface area contributed by atoms with Crippen LogP contribution in [0, 0.1) is 13.8 Å². The van der Waals surface area contributed by atoms with Crippen molar-refractivity contribution in [3.63, 3.8) is 0 Å². The molecule has 2 aromatic rings. The minimum absolute atomic E-state index is 0.235. The van der Waals surface area contributed by atoms with E-state index >= 15 is 0 Å². The van der Waals surface area contributed by atoms with Gasteiger partial charge >= 0.3 is 0 Å². The Morgan fingerprint density at radius 3 is 2.47 bits per heavy atom. The van der Waals surface area contributed by atoms with E-state index in [0.29, 0.717) is 0 Å². The SMILES string of the molecule is CCC(N)Cc1cnn(Cc2cc(C)cc(C)c2)c1. The molecular weight excluding hydrogens is 234 g/mol. The molecule has 1 aromatic heterocycles. The molecule has 0 radical (unpaired) electrons. The van der Waals surface area contributed by atoms with Crippen molar-refractivity contribution in [3.05, 3.63) is 52.8 Å². The Kier molecular flexibility index (Phi) is 4.38. The molecule has 0 aliphatic heterocycles. The molecule has 1 aromatic carbocycles. The van der Waals surface area contributed by atoms with Crippen LogP contribution < -0.4 is 5.73 Å². The lowest BCUT2D eigenvalue weighted by molar-refractivity contribution is 0.644. The maximum Gasteiger partial charge on any atom is 0.0659 e. The number of rotatable bonds is 5. The summed E-state index contributed by atoms with van der Waals surface area (Å²) in [4.78, 5) is 0. The van der Waals surface area contributed by atoms with E-state index in [-0.39, 0.29) is 6.04 Å². The minimum atomic E-state index is 0.235. The molecule has 1 atom stereocenters. The number of nitrogens with two attached hydrogens (primary N) is 1. The number of benzene rings is 1. The monoisotopic (exact) mass is 257 g/mol. The first kappa shape index (κ1) is 13.8. The molecule has 1 heterocycles. The molecule has 3 nitrogen and oxygen atoms in total. The molecule has 19 heavy (non-hydrogen) atoms. The quantitative estimate of drug-likeness (QED) is 0.895. The third kappa shape index (κ3) is 3.93. The lowest BCUT2D eigenvalue weighted by Crippen LogP contribution is -2.21. The van der Waals surface area contributed by atoms with Gasteiger partial charge in [-0.25, -0.2) is 0 Å². The highest BCUT2D eigenvalue weighted by atomic mass is 15.3. The Bertz CT molecular complexity index is 522. The first-order valence-electron chi connectivity index (χ1n) is 6.91. The predicted molar refractivity (Wildman–Crippen MR) is 79.2 cm³/mol. The van der Waals surface area contributed by atoms with Gasteiger partial charge in [0, 0.05) is 12.2 Å². The van der Waals surface area contributed by atoms with Crippen molar-refractivity contribution >= 4 is 0 Å². The molecule has 2 N–H and O–H groups in total. The smallest absolute Gasteiger partial charge is 0.0659 e. The second-order valence-corrected chi connectivity index (χ2v) is 5.41. The topological polar surface area (TPSA) is 43.8 Å². The molecule has 1 unspecified atom stereocenters. The van der Waals surface area contributed by atoms with Gasteiger partial charge < -0.3 is 5.73 Å². The van der Waals surface area contributed by atoms with Crippen LogP contribution in [0.25, 0.3) is 0 Å². The fourth-order valence-corrected chi connectivity index (χ4v) is 2.39. The molecule has 0 spiro atoms. The van der Waals surface area contributed by atoms with E-state index < -0.39 is 0 Å². The number of nitrogens with zero attached hydrogens (tertiary/aromatic N) is 2. The zero-order valence-corrected chi connectivity index (χ0v) is 12.1. The van der Waals surface area contributed by atoms with Crippen LogP contribution in [-0.4, -0.2) is 15.8 Å². The van der Waals surface area contributed by atoms with Gasteiger partial charge in [0.1, 0.15) is 0 Å². The van der Waals surface area contributed by atoms with Gasteiger partial charge in [-0.05, 0) is 37.8 Å². The van der Waals surface area contributed by atoms with E-state index in [9.17, 15) is 0 Å². The van der Waals surface area contributed by atoms with Crippen molar-refractivity contribution in [2.24, 2.45) is 5.73 Å². The summed E-state index contributed by atoms with van der Waals surface area (Å²) < 4.78 is 1.99. The molecular formula is C16H23N3. The largest absolute Gasteiger partial charge is 0.327 e. The van der Waals surface area contributed by atoms with Gasteiger partial charge in [0.2, 0.25) is 0 Å². The number of aromatic nitrogens is 2. The summed E-state index contributed by atoms with van der Waals surface area (Å²) in [6.07, 6.45) is 5.94. The van der Waals surface area contributed by atoms with Crippen LogP contribution in [0.2, 0.25) is 0 Å². The molecule has 0 amide bonds. The van der Waals surface area contributed by atoms with Crippen LogP contribution >= 0.6 is 0 Å². The first-order chi connectivity index (χ1) is 9.06. The molecule has 2 rings (SSSR count). The van der Waals surface area contributed by atoms with E-state index in [1.807, 2.05) is 10.9 Å². The molecule has 3 heteroatoms. The average Bonchev–Trinajstić information content (AvgIpc) is 2.74. The third-order valence-electron chi connectivity index (χ3n) is 3.34. The second-order valence-electron chi connectivity index (χ2n) is 5.41. The van der Waals surface area contributed by atoms with Crippen molar-refractivity contribution in [2.45, 2.75) is 46.2 Å². The summed E-state index contributed by atoms with van der Waals surface area (Å²) in [5.74, 6) is 0. The van der Waals surface area contributed by atoms with Gasteiger partial charge in [-0.15, -0.1) is 0 Å². The van der Waals surface area contributed by atoms with E-state index in [1.165, 1.54) is 22.3 Å². The summed E-state index contributed by atoms with van der Waals surface area (Å²) in [5.41, 5.74) is 11.1. The Morgan fingerprint density at radius 1 is 1.16 bits per heavy atom. The molecule has 0 aliphatic carbocycles. The maximum atomic E-state index is 5.97. The molecule has 0 saturated carbocycles. The Morgan fingerprint density at radius 2 is 1.84 bits per heavy atom. The molecule has 102 valence electrons. The zero-order chi connectivity index (χ0) is 13.8. The maximum absolute atomic E-state index is 5.97. The third-order valence-corrected chi connectivity index (χ3v) is 3.34. The van der Waals surface area contributed by atoms with Gasteiger partial charge in [0.15, 0.2) is 0 Å². The summed E-state index contributed by atoms with van der Waals surface area (Å²) in [6, 6.07) is 6.86. The Hall–Kier alpha value is -1.61. The van der Waals surface area contributed by atoms with Crippen LogP contribution in [0.4, 0.5) is 0 Å². The molecule has 0 fully saturated rings. The van der Waals surface area contributed by atoms with Crippen molar-refractivity contribution < 1.29 is 0 Å². The van der Waals surface area contributed by atoms with Crippen LogP contribution in [0.15, 0.2) is 30.6 Å². The minimum Gasteiger partial charge on any atom is -0.327 e. The Labute approximate surface area is 115 Å². The first-order valence-corrected chi connectivity index (χ1v) is 6.91. The highest BCUT2D eigenvalue weighted by Crippen LogP contribution is 2.11. The van der Waals surface area contributed by atoms with Crippen molar-refractivity contribution in [2.75, 3.05) is 0 Å². The van der Waals surface area contributed by atoms with E-state index in [1.54, 1.807) is 0 Å². The van der Waals surface area contributed by atoms with Crippen LogP contribution in [0.3, 0.4) is 0 Å². The van der Waals surface area contributed by atoms with Crippen molar-refractivity contribution in [3.8, 4) is 0 Å². The van der Waals surface area contributed by atoms with Crippen LogP contribution in [-0.2, 0) is 13.0 Å². The fourth-order valence-electron chi connectivity index (χ4n) is 2.39. The Balaban J connectivity index is 2.07. The van der Waals surface area contributed by atoms with E-state index in [0.717, 1.165) is 19.4 Å². The highest BCUT2D eigenvalue weighted by Gasteiger charge is 2.05. The van der Waals surface area contributed by atoms with Crippen molar-refractivity contribution in [1.82, 2.24) is 9.78 Å². The van der Waals surface area contributed by atoms with Crippen LogP contribution in [0.5, 0.6) is 0 Å². The lowest BCUT2D eigenvalue weighted by atomic mass is 10.1. The van der Waals surface area contributed by atoms with E-state index in [2.05, 4.69) is 50.3 Å². The van der Waals surface area contributed by atoms with Crippen molar-refractivity contribution in [1.29, 1.82) is 0 Å². The van der Waals surface area contributed by atoms with Gasteiger partial charge in [-0.2, -0.15) is 5.10 Å². The average molecular weight is 257 g/mol. The standard InChI is InChI=1S/C16H23N3/c1-4-16(17)8-15-9-18-19(11-15)10-14-6-12(2)5-13(3)7-14/h5-7,9,11,16H,4,8,10,17H2,1-3H3. The second kappa shape index (κ2) is 6.02. The number of aryl methyl sites for hydroxylation is 2.